The fraction of sp³-hybridized carbons (Fsp3) is 0.300. The van der Waals surface area contributed by atoms with Gasteiger partial charge in [-0.1, -0.05) is 6.07 Å². The summed E-state index contributed by atoms with van der Waals surface area (Å²) in [6, 6.07) is 3.39. The van der Waals surface area contributed by atoms with E-state index in [2.05, 4.69) is 20.8 Å². The molecular formula is C10H11F2N5. The highest BCUT2D eigenvalue weighted by atomic mass is 19.1. The van der Waals surface area contributed by atoms with Crippen LogP contribution in [0.1, 0.15) is 18.8 Å². The van der Waals surface area contributed by atoms with Crippen LogP contribution < -0.4 is 5.32 Å². The molecule has 2 rings (SSSR count). The lowest BCUT2D eigenvalue weighted by Gasteiger charge is -2.11. The number of nitrogens with zero attached hydrogens (tertiary/aromatic N) is 4. The zero-order valence-electron chi connectivity index (χ0n) is 9.35. The van der Waals surface area contributed by atoms with Crippen molar-refractivity contribution >= 4 is 0 Å². The Morgan fingerprint density at radius 1 is 1.29 bits per heavy atom. The summed E-state index contributed by atoms with van der Waals surface area (Å²) in [5.41, 5.74) is -0.269. The van der Waals surface area contributed by atoms with Gasteiger partial charge in [-0.25, -0.2) is 8.78 Å². The lowest BCUT2D eigenvalue weighted by atomic mass is 10.2. The SMILES string of the molecule is CNC(C)c1nnnn1-c1c(F)cccc1F. The molecule has 0 amide bonds. The lowest BCUT2D eigenvalue weighted by Crippen LogP contribution is -2.19. The molecule has 1 atom stereocenters. The van der Waals surface area contributed by atoms with E-state index >= 15 is 0 Å². The third-order valence-electron chi connectivity index (χ3n) is 2.46. The van der Waals surface area contributed by atoms with Crippen LogP contribution in [-0.2, 0) is 0 Å². The Balaban J connectivity index is 2.58. The number of rotatable bonds is 3. The Kier molecular flexibility index (Phi) is 3.10. The normalized spacial score (nSPS) is 12.7. The minimum absolute atomic E-state index is 0.219. The first-order valence-electron chi connectivity index (χ1n) is 5.05. The van der Waals surface area contributed by atoms with Gasteiger partial charge in [0.1, 0.15) is 5.69 Å². The van der Waals surface area contributed by atoms with Crippen LogP contribution in [0.2, 0.25) is 0 Å². The van der Waals surface area contributed by atoms with Crippen LogP contribution in [-0.4, -0.2) is 27.3 Å². The van der Waals surface area contributed by atoms with Crippen molar-refractivity contribution in [2.45, 2.75) is 13.0 Å². The molecule has 0 saturated carbocycles. The number of aromatic nitrogens is 4. The van der Waals surface area contributed by atoms with Crippen LogP contribution in [0.5, 0.6) is 0 Å². The number of tetrazole rings is 1. The minimum Gasteiger partial charge on any atom is -0.311 e. The summed E-state index contributed by atoms with van der Waals surface area (Å²) < 4.78 is 28.2. The van der Waals surface area contributed by atoms with Gasteiger partial charge in [0.15, 0.2) is 17.5 Å². The van der Waals surface area contributed by atoms with E-state index in [9.17, 15) is 8.78 Å². The fourth-order valence-corrected chi connectivity index (χ4v) is 1.44. The maximum atomic E-state index is 13.6. The van der Waals surface area contributed by atoms with Crippen molar-refractivity contribution in [3.8, 4) is 5.69 Å². The number of halogens is 2. The van der Waals surface area contributed by atoms with Crippen molar-refractivity contribution in [2.24, 2.45) is 0 Å². The van der Waals surface area contributed by atoms with Gasteiger partial charge < -0.3 is 5.32 Å². The maximum Gasteiger partial charge on any atom is 0.173 e. The van der Waals surface area contributed by atoms with E-state index in [4.69, 9.17) is 0 Å². The number of hydrogen-bond donors (Lipinski definition) is 1. The molecule has 1 aromatic heterocycles. The molecular weight excluding hydrogens is 228 g/mol. The Hall–Kier alpha value is -1.89. The van der Waals surface area contributed by atoms with Crippen molar-refractivity contribution in [3.05, 3.63) is 35.7 Å². The maximum absolute atomic E-state index is 13.6. The summed E-state index contributed by atoms with van der Waals surface area (Å²) in [5.74, 6) is -1.07. The van der Waals surface area contributed by atoms with Crippen molar-refractivity contribution in [2.75, 3.05) is 7.05 Å². The van der Waals surface area contributed by atoms with Crippen LogP contribution in [0, 0.1) is 11.6 Å². The van der Waals surface area contributed by atoms with Crippen LogP contribution in [0.4, 0.5) is 8.78 Å². The van der Waals surface area contributed by atoms with Crippen molar-refractivity contribution in [1.29, 1.82) is 0 Å². The number of para-hydroxylation sites is 1. The zero-order chi connectivity index (χ0) is 12.4. The highest BCUT2D eigenvalue weighted by Crippen LogP contribution is 2.19. The first kappa shape index (κ1) is 11.6. The van der Waals surface area contributed by atoms with Gasteiger partial charge in [-0.2, -0.15) is 4.68 Å². The first-order valence-corrected chi connectivity index (χ1v) is 5.05. The van der Waals surface area contributed by atoms with Crippen LogP contribution in [0.15, 0.2) is 18.2 Å². The van der Waals surface area contributed by atoms with Gasteiger partial charge in [0.05, 0.1) is 6.04 Å². The van der Waals surface area contributed by atoms with Crippen LogP contribution in [0.3, 0.4) is 0 Å². The Morgan fingerprint density at radius 2 is 1.94 bits per heavy atom. The zero-order valence-corrected chi connectivity index (χ0v) is 9.35. The summed E-state index contributed by atoms with van der Waals surface area (Å²) in [4.78, 5) is 0. The van der Waals surface area contributed by atoms with Crippen molar-refractivity contribution in [3.63, 3.8) is 0 Å². The molecule has 1 aromatic carbocycles. The van der Waals surface area contributed by atoms with Gasteiger partial charge in [-0.05, 0) is 36.5 Å². The second-order valence-electron chi connectivity index (χ2n) is 3.53. The average molecular weight is 239 g/mol. The molecule has 0 saturated heterocycles. The summed E-state index contributed by atoms with van der Waals surface area (Å²) in [6.07, 6.45) is 0. The summed E-state index contributed by atoms with van der Waals surface area (Å²) >= 11 is 0. The number of hydrogen-bond acceptors (Lipinski definition) is 4. The topological polar surface area (TPSA) is 55.6 Å². The molecule has 0 fully saturated rings. The summed E-state index contributed by atoms with van der Waals surface area (Å²) in [7, 11) is 1.71. The molecule has 1 heterocycles. The van der Waals surface area contributed by atoms with E-state index in [1.165, 1.54) is 6.07 Å². The second kappa shape index (κ2) is 4.54. The van der Waals surface area contributed by atoms with E-state index in [-0.39, 0.29) is 11.7 Å². The fourth-order valence-electron chi connectivity index (χ4n) is 1.44. The van der Waals surface area contributed by atoms with E-state index in [0.717, 1.165) is 16.8 Å². The van der Waals surface area contributed by atoms with E-state index in [1.54, 1.807) is 14.0 Å². The highest BCUT2D eigenvalue weighted by molar-refractivity contribution is 5.34. The van der Waals surface area contributed by atoms with E-state index in [1.807, 2.05) is 0 Å². The smallest absolute Gasteiger partial charge is 0.173 e. The standard InChI is InChI=1S/C10H11F2N5/c1-6(13-2)10-14-15-16-17(10)9-7(11)4-3-5-8(9)12/h3-6,13H,1-2H3. The molecule has 90 valence electrons. The third-order valence-corrected chi connectivity index (χ3v) is 2.46. The van der Waals surface area contributed by atoms with E-state index < -0.39 is 11.6 Å². The molecule has 2 aromatic rings. The summed E-state index contributed by atoms with van der Waals surface area (Å²) in [6.45, 7) is 1.79. The Bertz CT molecular complexity index is 505. The van der Waals surface area contributed by atoms with Crippen LogP contribution in [0.25, 0.3) is 5.69 Å². The van der Waals surface area contributed by atoms with Gasteiger partial charge in [-0.15, -0.1) is 5.10 Å². The molecule has 0 aliphatic carbocycles. The highest BCUT2D eigenvalue weighted by Gasteiger charge is 2.19. The Morgan fingerprint density at radius 3 is 2.53 bits per heavy atom. The molecule has 0 spiro atoms. The minimum atomic E-state index is -0.707. The predicted octanol–water partition coefficient (Wildman–Crippen LogP) is 1.22. The molecule has 17 heavy (non-hydrogen) atoms. The molecule has 0 aliphatic heterocycles. The van der Waals surface area contributed by atoms with Crippen molar-refractivity contribution < 1.29 is 8.78 Å². The third kappa shape index (κ3) is 2.01. The average Bonchev–Trinajstić information content (AvgIpc) is 2.77. The van der Waals surface area contributed by atoms with Gasteiger partial charge >= 0.3 is 0 Å². The quantitative estimate of drug-likeness (QED) is 0.875. The van der Waals surface area contributed by atoms with Crippen molar-refractivity contribution in [1.82, 2.24) is 25.5 Å². The number of benzene rings is 1. The number of nitrogens with one attached hydrogen (secondary N) is 1. The summed E-state index contributed by atoms with van der Waals surface area (Å²) in [5, 5.41) is 13.7. The van der Waals surface area contributed by atoms with Gasteiger partial charge in [0, 0.05) is 0 Å². The lowest BCUT2D eigenvalue weighted by molar-refractivity contribution is 0.533. The predicted molar refractivity (Wildman–Crippen MR) is 56.5 cm³/mol. The van der Waals surface area contributed by atoms with E-state index in [0.29, 0.717) is 5.82 Å². The van der Waals surface area contributed by atoms with Gasteiger partial charge in [0.2, 0.25) is 0 Å². The molecule has 7 heteroatoms. The van der Waals surface area contributed by atoms with Gasteiger partial charge in [0.25, 0.3) is 0 Å². The second-order valence-corrected chi connectivity index (χ2v) is 3.53. The first-order chi connectivity index (χ1) is 8.15. The molecule has 5 nitrogen and oxygen atoms in total. The van der Waals surface area contributed by atoms with Crippen LogP contribution >= 0.6 is 0 Å². The molecule has 0 bridgehead atoms. The molecule has 1 unspecified atom stereocenters. The molecule has 1 N–H and O–H groups in total. The molecule has 0 radical (unpaired) electrons. The van der Waals surface area contributed by atoms with Gasteiger partial charge in [-0.3, -0.25) is 0 Å². The monoisotopic (exact) mass is 239 g/mol. The molecule has 0 aliphatic rings. The Labute approximate surface area is 96.4 Å². The largest absolute Gasteiger partial charge is 0.311 e.